The molecule has 0 bridgehead atoms. The Bertz CT molecular complexity index is 655. The molecule has 0 atom stereocenters. The van der Waals surface area contributed by atoms with E-state index in [4.69, 9.17) is 4.42 Å². The monoisotopic (exact) mass is 313 g/mol. The van der Waals surface area contributed by atoms with Gasteiger partial charge < -0.3 is 14.6 Å². The van der Waals surface area contributed by atoms with Gasteiger partial charge in [-0.25, -0.2) is 4.98 Å². The Balaban J connectivity index is 1.57. The van der Waals surface area contributed by atoms with E-state index in [-0.39, 0.29) is 12.3 Å². The van der Waals surface area contributed by atoms with Gasteiger partial charge in [-0.1, -0.05) is 6.92 Å². The van der Waals surface area contributed by atoms with Crippen LogP contribution in [0.15, 0.2) is 35.1 Å². The molecule has 1 amide bonds. The predicted molar refractivity (Wildman–Crippen MR) is 90.6 cm³/mol. The van der Waals surface area contributed by atoms with E-state index in [9.17, 15) is 4.79 Å². The SMILES string of the molecule is Cc1ncoc1CC(=O)Nc1ccc(N2CCC(C)CC2)cc1. The highest BCUT2D eigenvalue weighted by molar-refractivity contribution is 5.92. The number of oxazole rings is 1. The first-order valence-electron chi connectivity index (χ1n) is 8.15. The van der Waals surface area contributed by atoms with Gasteiger partial charge >= 0.3 is 0 Å². The molecule has 1 N–H and O–H groups in total. The van der Waals surface area contributed by atoms with Gasteiger partial charge in [0.25, 0.3) is 0 Å². The molecule has 2 heterocycles. The van der Waals surface area contributed by atoms with Crippen molar-refractivity contribution < 1.29 is 9.21 Å². The summed E-state index contributed by atoms with van der Waals surface area (Å²) in [6.07, 6.45) is 4.06. The normalized spacial score (nSPS) is 15.7. The zero-order chi connectivity index (χ0) is 16.2. The van der Waals surface area contributed by atoms with Crippen LogP contribution in [-0.4, -0.2) is 24.0 Å². The summed E-state index contributed by atoms with van der Waals surface area (Å²) in [4.78, 5) is 18.4. The van der Waals surface area contributed by atoms with Crippen LogP contribution in [0.1, 0.15) is 31.2 Å². The number of benzene rings is 1. The van der Waals surface area contributed by atoms with Crippen LogP contribution in [0.3, 0.4) is 0 Å². The summed E-state index contributed by atoms with van der Waals surface area (Å²) in [5, 5.41) is 2.90. The number of nitrogens with one attached hydrogen (secondary N) is 1. The number of piperidine rings is 1. The molecule has 122 valence electrons. The van der Waals surface area contributed by atoms with Crippen LogP contribution in [0, 0.1) is 12.8 Å². The Kier molecular flexibility index (Phi) is 4.65. The summed E-state index contributed by atoms with van der Waals surface area (Å²) >= 11 is 0. The molecular weight excluding hydrogens is 290 g/mol. The van der Waals surface area contributed by atoms with Gasteiger partial charge in [-0.3, -0.25) is 4.79 Å². The molecule has 1 aliphatic rings. The van der Waals surface area contributed by atoms with Crippen molar-refractivity contribution >= 4 is 17.3 Å². The Morgan fingerprint density at radius 3 is 2.61 bits per heavy atom. The highest BCUT2D eigenvalue weighted by Gasteiger charge is 2.16. The maximum absolute atomic E-state index is 12.0. The quantitative estimate of drug-likeness (QED) is 0.940. The molecular formula is C18H23N3O2. The Morgan fingerprint density at radius 2 is 2.00 bits per heavy atom. The lowest BCUT2D eigenvalue weighted by molar-refractivity contribution is -0.115. The Labute approximate surface area is 136 Å². The van der Waals surface area contributed by atoms with E-state index in [0.717, 1.165) is 30.4 Å². The van der Waals surface area contributed by atoms with Gasteiger partial charge in [0.05, 0.1) is 12.1 Å². The van der Waals surface area contributed by atoms with Crippen LogP contribution in [-0.2, 0) is 11.2 Å². The van der Waals surface area contributed by atoms with Crippen LogP contribution >= 0.6 is 0 Å². The molecule has 0 aliphatic carbocycles. The second-order valence-corrected chi connectivity index (χ2v) is 6.30. The fourth-order valence-electron chi connectivity index (χ4n) is 2.87. The van der Waals surface area contributed by atoms with Crippen LogP contribution < -0.4 is 10.2 Å². The average Bonchev–Trinajstić information content (AvgIpc) is 2.94. The molecule has 1 aromatic heterocycles. The number of rotatable bonds is 4. The highest BCUT2D eigenvalue weighted by atomic mass is 16.3. The van der Waals surface area contributed by atoms with Gasteiger partial charge in [0, 0.05) is 24.5 Å². The van der Waals surface area contributed by atoms with Crippen LogP contribution in [0.25, 0.3) is 0 Å². The van der Waals surface area contributed by atoms with E-state index in [1.165, 1.54) is 24.9 Å². The van der Waals surface area contributed by atoms with Crippen molar-refractivity contribution in [1.29, 1.82) is 0 Å². The van der Waals surface area contributed by atoms with Crippen molar-refractivity contribution in [2.45, 2.75) is 33.1 Å². The third-order valence-corrected chi connectivity index (χ3v) is 4.47. The number of anilines is 2. The second kappa shape index (κ2) is 6.86. The van der Waals surface area contributed by atoms with E-state index in [0.29, 0.717) is 5.76 Å². The fraction of sp³-hybridized carbons (Fsp3) is 0.444. The lowest BCUT2D eigenvalue weighted by Crippen LogP contribution is -2.32. The van der Waals surface area contributed by atoms with E-state index >= 15 is 0 Å². The Morgan fingerprint density at radius 1 is 1.30 bits per heavy atom. The fourth-order valence-corrected chi connectivity index (χ4v) is 2.87. The molecule has 0 saturated carbocycles. The smallest absolute Gasteiger partial charge is 0.232 e. The molecule has 2 aromatic rings. The van der Waals surface area contributed by atoms with E-state index < -0.39 is 0 Å². The molecule has 5 heteroatoms. The van der Waals surface area contributed by atoms with Crippen LogP contribution in [0.4, 0.5) is 11.4 Å². The number of carbonyl (C=O) groups excluding carboxylic acids is 1. The summed E-state index contributed by atoms with van der Waals surface area (Å²) in [5.74, 6) is 1.34. The van der Waals surface area contributed by atoms with E-state index in [2.05, 4.69) is 34.3 Å². The predicted octanol–water partition coefficient (Wildman–Crippen LogP) is 3.40. The number of carbonyl (C=O) groups is 1. The maximum Gasteiger partial charge on any atom is 0.232 e. The van der Waals surface area contributed by atoms with Gasteiger partial charge in [-0.2, -0.15) is 0 Å². The minimum absolute atomic E-state index is 0.0932. The van der Waals surface area contributed by atoms with Gasteiger partial charge in [0.15, 0.2) is 6.39 Å². The van der Waals surface area contributed by atoms with E-state index in [1.807, 2.05) is 19.1 Å². The first-order chi connectivity index (χ1) is 11.1. The number of hydrogen-bond acceptors (Lipinski definition) is 4. The number of aromatic nitrogens is 1. The molecule has 1 fully saturated rings. The minimum Gasteiger partial charge on any atom is -0.448 e. The van der Waals surface area contributed by atoms with Gasteiger partial charge in [-0.15, -0.1) is 0 Å². The first kappa shape index (κ1) is 15.6. The number of nitrogens with zero attached hydrogens (tertiary/aromatic N) is 2. The summed E-state index contributed by atoms with van der Waals surface area (Å²) in [6.45, 7) is 6.36. The van der Waals surface area contributed by atoms with Gasteiger partial charge in [0.2, 0.25) is 5.91 Å². The molecule has 0 unspecified atom stereocenters. The zero-order valence-corrected chi connectivity index (χ0v) is 13.7. The lowest BCUT2D eigenvalue weighted by Gasteiger charge is -2.32. The Hall–Kier alpha value is -2.30. The third kappa shape index (κ3) is 3.92. The van der Waals surface area contributed by atoms with Crippen molar-refractivity contribution in [2.24, 2.45) is 5.92 Å². The molecule has 23 heavy (non-hydrogen) atoms. The minimum atomic E-state index is -0.0932. The number of amides is 1. The standard InChI is InChI=1S/C18H23N3O2/c1-13-7-9-21(10-8-13)16-5-3-15(4-6-16)20-18(22)11-17-14(2)19-12-23-17/h3-6,12-13H,7-11H2,1-2H3,(H,20,22). The van der Waals surface area contributed by atoms with Crippen molar-refractivity contribution in [3.05, 3.63) is 42.1 Å². The molecule has 5 nitrogen and oxygen atoms in total. The molecule has 0 spiro atoms. The summed E-state index contributed by atoms with van der Waals surface area (Å²) in [5.41, 5.74) is 2.79. The summed E-state index contributed by atoms with van der Waals surface area (Å²) < 4.78 is 5.20. The van der Waals surface area contributed by atoms with Crippen molar-refractivity contribution in [2.75, 3.05) is 23.3 Å². The van der Waals surface area contributed by atoms with Crippen molar-refractivity contribution in [3.8, 4) is 0 Å². The third-order valence-electron chi connectivity index (χ3n) is 4.47. The first-order valence-corrected chi connectivity index (χ1v) is 8.15. The molecule has 1 aromatic carbocycles. The molecule has 1 aliphatic heterocycles. The molecule has 0 radical (unpaired) electrons. The second-order valence-electron chi connectivity index (χ2n) is 6.30. The largest absolute Gasteiger partial charge is 0.448 e. The average molecular weight is 313 g/mol. The molecule has 1 saturated heterocycles. The van der Waals surface area contributed by atoms with Crippen molar-refractivity contribution in [3.63, 3.8) is 0 Å². The van der Waals surface area contributed by atoms with Crippen LogP contribution in [0.5, 0.6) is 0 Å². The maximum atomic E-state index is 12.0. The number of hydrogen-bond donors (Lipinski definition) is 1. The summed E-state index contributed by atoms with van der Waals surface area (Å²) in [6, 6.07) is 8.06. The van der Waals surface area contributed by atoms with Gasteiger partial charge in [0.1, 0.15) is 5.76 Å². The highest BCUT2D eigenvalue weighted by Crippen LogP contribution is 2.24. The van der Waals surface area contributed by atoms with Crippen LogP contribution in [0.2, 0.25) is 0 Å². The molecule has 3 rings (SSSR count). The van der Waals surface area contributed by atoms with Crippen molar-refractivity contribution in [1.82, 2.24) is 4.98 Å². The lowest BCUT2D eigenvalue weighted by atomic mass is 9.99. The zero-order valence-electron chi connectivity index (χ0n) is 13.7. The van der Waals surface area contributed by atoms with E-state index in [1.54, 1.807) is 0 Å². The summed E-state index contributed by atoms with van der Waals surface area (Å²) in [7, 11) is 0. The topological polar surface area (TPSA) is 58.4 Å². The van der Waals surface area contributed by atoms with Gasteiger partial charge in [-0.05, 0) is 49.9 Å². The number of aryl methyl sites for hydroxylation is 1.